The number of amides is 1. The maximum Gasteiger partial charge on any atom is 0.254 e. The van der Waals surface area contributed by atoms with Gasteiger partial charge in [-0.3, -0.25) is 14.6 Å². The van der Waals surface area contributed by atoms with Gasteiger partial charge in [-0.2, -0.15) is 0 Å². The summed E-state index contributed by atoms with van der Waals surface area (Å²) in [5.74, 6) is 0.551. The van der Waals surface area contributed by atoms with Gasteiger partial charge in [0.15, 0.2) is 0 Å². The van der Waals surface area contributed by atoms with E-state index in [1.165, 1.54) is 0 Å². The molecule has 6 heteroatoms. The molecule has 2 heterocycles. The van der Waals surface area contributed by atoms with E-state index >= 15 is 0 Å². The molecular formula is C19H26N4O2. The SMILES string of the molecule is CCCC(C)N(C)C(=O)CCc1c(C)nc(-c2cccnc2)[nH]c1=O. The number of aromatic nitrogens is 3. The zero-order valence-corrected chi connectivity index (χ0v) is 15.4. The van der Waals surface area contributed by atoms with E-state index in [-0.39, 0.29) is 17.5 Å². The lowest BCUT2D eigenvalue weighted by Crippen LogP contribution is -2.35. The summed E-state index contributed by atoms with van der Waals surface area (Å²) in [5.41, 5.74) is 1.79. The van der Waals surface area contributed by atoms with Crippen LogP contribution in [0.15, 0.2) is 29.3 Å². The topological polar surface area (TPSA) is 79.0 Å². The second-order valence-electron chi connectivity index (χ2n) is 6.36. The molecule has 134 valence electrons. The van der Waals surface area contributed by atoms with Crippen LogP contribution >= 0.6 is 0 Å². The van der Waals surface area contributed by atoms with Gasteiger partial charge in [0.25, 0.3) is 5.56 Å². The van der Waals surface area contributed by atoms with E-state index < -0.39 is 0 Å². The highest BCUT2D eigenvalue weighted by Gasteiger charge is 2.17. The monoisotopic (exact) mass is 342 g/mol. The number of nitrogens with one attached hydrogen (secondary N) is 1. The number of H-pyrrole nitrogens is 1. The largest absolute Gasteiger partial charge is 0.343 e. The Hall–Kier alpha value is -2.50. The van der Waals surface area contributed by atoms with Crippen molar-refractivity contribution in [1.29, 1.82) is 0 Å². The molecule has 1 amide bonds. The number of carbonyl (C=O) groups is 1. The highest BCUT2D eigenvalue weighted by atomic mass is 16.2. The average molecular weight is 342 g/mol. The summed E-state index contributed by atoms with van der Waals surface area (Å²) < 4.78 is 0. The Kier molecular flexibility index (Phi) is 6.44. The molecule has 25 heavy (non-hydrogen) atoms. The van der Waals surface area contributed by atoms with Crippen molar-refractivity contribution >= 4 is 5.91 Å². The Morgan fingerprint density at radius 3 is 2.76 bits per heavy atom. The first kappa shape index (κ1) is 18.8. The minimum atomic E-state index is -0.191. The van der Waals surface area contributed by atoms with Crippen LogP contribution in [0.5, 0.6) is 0 Å². The molecule has 0 aliphatic rings. The number of hydrogen-bond donors (Lipinski definition) is 1. The molecule has 0 aliphatic carbocycles. The fraction of sp³-hybridized carbons (Fsp3) is 0.474. The molecule has 0 bridgehead atoms. The zero-order chi connectivity index (χ0) is 18.4. The molecule has 0 aromatic carbocycles. The summed E-state index contributed by atoms with van der Waals surface area (Å²) >= 11 is 0. The van der Waals surface area contributed by atoms with Crippen LogP contribution in [0.4, 0.5) is 0 Å². The second-order valence-corrected chi connectivity index (χ2v) is 6.36. The minimum absolute atomic E-state index is 0.0519. The average Bonchev–Trinajstić information content (AvgIpc) is 2.61. The van der Waals surface area contributed by atoms with Gasteiger partial charge in [-0.25, -0.2) is 4.98 Å². The fourth-order valence-corrected chi connectivity index (χ4v) is 2.81. The Bertz CT molecular complexity index is 771. The van der Waals surface area contributed by atoms with Gasteiger partial charge in [0.1, 0.15) is 5.82 Å². The predicted molar refractivity (Wildman–Crippen MR) is 98.3 cm³/mol. The molecule has 2 aromatic rings. The van der Waals surface area contributed by atoms with Gasteiger partial charge in [-0.1, -0.05) is 13.3 Å². The van der Waals surface area contributed by atoms with Crippen LogP contribution in [0.2, 0.25) is 0 Å². The van der Waals surface area contributed by atoms with Gasteiger partial charge in [-0.05, 0) is 38.8 Å². The lowest BCUT2D eigenvalue weighted by molar-refractivity contribution is -0.131. The van der Waals surface area contributed by atoms with Crippen molar-refractivity contribution in [2.24, 2.45) is 0 Å². The van der Waals surface area contributed by atoms with Gasteiger partial charge in [-0.15, -0.1) is 0 Å². The molecule has 2 rings (SSSR count). The third-order valence-electron chi connectivity index (χ3n) is 4.51. The lowest BCUT2D eigenvalue weighted by Gasteiger charge is -2.24. The van der Waals surface area contributed by atoms with Gasteiger partial charge in [0.05, 0.1) is 0 Å². The van der Waals surface area contributed by atoms with Crippen molar-refractivity contribution in [2.75, 3.05) is 7.05 Å². The Morgan fingerprint density at radius 1 is 1.40 bits per heavy atom. The van der Waals surface area contributed by atoms with E-state index in [4.69, 9.17) is 0 Å². The van der Waals surface area contributed by atoms with Crippen molar-refractivity contribution in [3.05, 3.63) is 46.1 Å². The molecule has 1 atom stereocenters. The highest BCUT2D eigenvalue weighted by molar-refractivity contribution is 5.76. The van der Waals surface area contributed by atoms with Crippen LogP contribution in [-0.2, 0) is 11.2 Å². The standard InChI is InChI=1S/C19H26N4O2/c1-5-7-13(2)23(4)17(24)10-9-16-14(3)21-18(22-19(16)25)15-8-6-11-20-12-15/h6,8,11-13H,5,7,9-10H2,1-4H3,(H,21,22,25). The van der Waals surface area contributed by atoms with Crippen molar-refractivity contribution in [1.82, 2.24) is 19.9 Å². The van der Waals surface area contributed by atoms with Crippen molar-refractivity contribution in [3.63, 3.8) is 0 Å². The number of rotatable bonds is 7. The molecule has 0 saturated carbocycles. The van der Waals surface area contributed by atoms with Crippen LogP contribution < -0.4 is 5.56 Å². The molecule has 0 spiro atoms. The summed E-state index contributed by atoms with van der Waals surface area (Å²) in [6.45, 7) is 5.95. The molecule has 1 unspecified atom stereocenters. The quantitative estimate of drug-likeness (QED) is 0.839. The molecular weight excluding hydrogens is 316 g/mol. The second kappa shape index (κ2) is 8.55. The fourth-order valence-electron chi connectivity index (χ4n) is 2.81. The Labute approximate surface area is 148 Å². The van der Waals surface area contributed by atoms with Crippen LogP contribution in [-0.4, -0.2) is 38.8 Å². The first-order valence-electron chi connectivity index (χ1n) is 8.69. The normalized spacial score (nSPS) is 12.0. The van der Waals surface area contributed by atoms with Crippen LogP contribution in [0.25, 0.3) is 11.4 Å². The maximum absolute atomic E-state index is 12.4. The molecule has 1 N–H and O–H groups in total. The summed E-state index contributed by atoms with van der Waals surface area (Å²) in [7, 11) is 1.82. The van der Waals surface area contributed by atoms with E-state index in [1.54, 1.807) is 30.3 Å². The number of carbonyl (C=O) groups excluding carboxylic acids is 1. The van der Waals surface area contributed by atoms with Crippen molar-refractivity contribution in [2.45, 2.75) is 52.5 Å². The summed E-state index contributed by atoms with van der Waals surface area (Å²) in [6, 6.07) is 3.85. The third-order valence-corrected chi connectivity index (χ3v) is 4.51. The molecule has 6 nitrogen and oxygen atoms in total. The first-order valence-corrected chi connectivity index (χ1v) is 8.69. The van der Waals surface area contributed by atoms with Gasteiger partial charge < -0.3 is 9.88 Å². The van der Waals surface area contributed by atoms with Gasteiger partial charge >= 0.3 is 0 Å². The Morgan fingerprint density at radius 2 is 2.16 bits per heavy atom. The van der Waals surface area contributed by atoms with Crippen molar-refractivity contribution < 1.29 is 4.79 Å². The molecule has 0 aliphatic heterocycles. The van der Waals surface area contributed by atoms with E-state index in [1.807, 2.05) is 20.0 Å². The van der Waals surface area contributed by atoms with E-state index in [9.17, 15) is 9.59 Å². The van der Waals surface area contributed by atoms with Crippen molar-refractivity contribution in [3.8, 4) is 11.4 Å². The number of aryl methyl sites for hydroxylation is 1. The molecule has 0 fully saturated rings. The van der Waals surface area contributed by atoms with Gasteiger partial charge in [0, 0.05) is 48.7 Å². The van der Waals surface area contributed by atoms with E-state index in [2.05, 4.69) is 21.9 Å². The van der Waals surface area contributed by atoms with Gasteiger partial charge in [0.2, 0.25) is 5.91 Å². The number of nitrogens with zero attached hydrogens (tertiary/aromatic N) is 3. The minimum Gasteiger partial charge on any atom is -0.343 e. The number of hydrogen-bond acceptors (Lipinski definition) is 4. The lowest BCUT2D eigenvalue weighted by atomic mass is 10.1. The molecule has 2 aromatic heterocycles. The van der Waals surface area contributed by atoms with Crippen LogP contribution in [0.3, 0.4) is 0 Å². The van der Waals surface area contributed by atoms with Crippen LogP contribution in [0, 0.1) is 6.92 Å². The summed E-state index contributed by atoms with van der Waals surface area (Å²) in [5, 5.41) is 0. The smallest absolute Gasteiger partial charge is 0.254 e. The third kappa shape index (κ3) is 4.75. The zero-order valence-electron chi connectivity index (χ0n) is 15.4. The summed E-state index contributed by atoms with van der Waals surface area (Å²) in [4.78, 5) is 37.8. The van der Waals surface area contributed by atoms with E-state index in [0.29, 0.717) is 29.9 Å². The Balaban J connectivity index is 2.11. The van der Waals surface area contributed by atoms with E-state index in [0.717, 1.165) is 18.4 Å². The maximum atomic E-state index is 12.4. The highest BCUT2D eigenvalue weighted by Crippen LogP contribution is 2.14. The summed E-state index contributed by atoms with van der Waals surface area (Å²) in [6.07, 6.45) is 6.04. The molecule has 0 radical (unpaired) electrons. The number of pyridine rings is 1. The number of aromatic amines is 1. The molecule has 0 saturated heterocycles. The van der Waals surface area contributed by atoms with Crippen LogP contribution in [0.1, 0.15) is 44.4 Å². The first-order chi connectivity index (χ1) is 11.9. The predicted octanol–water partition coefficient (Wildman–Crippen LogP) is 2.72.